The molecule has 1 amide bonds. The van der Waals surface area contributed by atoms with Gasteiger partial charge in [0.1, 0.15) is 0 Å². The number of carbonyl (C=O) groups is 2. The summed E-state index contributed by atoms with van der Waals surface area (Å²) in [6, 6.07) is 11.9. The third kappa shape index (κ3) is 3.77. The van der Waals surface area contributed by atoms with E-state index in [1.807, 2.05) is 0 Å². The number of carbonyl (C=O) groups excluding carboxylic acids is 2. The van der Waals surface area contributed by atoms with Crippen molar-refractivity contribution in [3.63, 3.8) is 0 Å². The number of aromatic nitrogens is 2. The van der Waals surface area contributed by atoms with Gasteiger partial charge >= 0.3 is 11.7 Å². The molecule has 0 aliphatic heterocycles. The van der Waals surface area contributed by atoms with Crippen LogP contribution >= 0.6 is 0 Å². The van der Waals surface area contributed by atoms with E-state index in [2.05, 4.69) is 15.3 Å². The lowest BCUT2D eigenvalue weighted by atomic mass is 10.1. The molecule has 0 aliphatic carbocycles. The van der Waals surface area contributed by atoms with Crippen LogP contribution in [0.5, 0.6) is 0 Å². The zero-order valence-electron chi connectivity index (χ0n) is 13.6. The number of hydrogen-bond donors (Lipinski definition) is 3. The average Bonchev–Trinajstić information content (AvgIpc) is 2.94. The van der Waals surface area contributed by atoms with Crippen LogP contribution in [0.1, 0.15) is 22.8 Å². The molecule has 0 atom stereocenters. The number of fused-ring (bicyclic) bond motifs is 1. The van der Waals surface area contributed by atoms with Gasteiger partial charge in [-0.1, -0.05) is 18.2 Å². The fourth-order valence-corrected chi connectivity index (χ4v) is 2.55. The predicted octanol–water partition coefficient (Wildman–Crippen LogP) is 2.21. The number of amides is 1. The maximum absolute atomic E-state index is 12.3. The maximum Gasteiger partial charge on any atom is 0.340 e. The number of ether oxygens (including phenoxy) is 1. The fraction of sp³-hybridized carbons (Fsp3) is 0.167. The Kier molecular flexibility index (Phi) is 4.65. The second-order valence-corrected chi connectivity index (χ2v) is 5.45. The normalized spacial score (nSPS) is 10.6. The SMILES string of the molecule is CCOC(=O)c1ccccc1NC(=O)Cc1ccc2[nH]c(=O)[nH]c2c1. The average molecular weight is 339 g/mol. The van der Waals surface area contributed by atoms with Gasteiger partial charge in [-0.15, -0.1) is 0 Å². The number of para-hydroxylation sites is 1. The Balaban J connectivity index is 1.75. The number of anilines is 1. The van der Waals surface area contributed by atoms with E-state index in [4.69, 9.17) is 4.74 Å². The first-order chi connectivity index (χ1) is 12.1. The minimum Gasteiger partial charge on any atom is -0.462 e. The molecule has 2 aromatic carbocycles. The van der Waals surface area contributed by atoms with Gasteiger partial charge in [-0.2, -0.15) is 0 Å². The number of imidazole rings is 1. The van der Waals surface area contributed by atoms with Crippen LogP contribution in [0.3, 0.4) is 0 Å². The van der Waals surface area contributed by atoms with Crippen molar-refractivity contribution in [2.45, 2.75) is 13.3 Å². The first-order valence-electron chi connectivity index (χ1n) is 7.83. The highest BCUT2D eigenvalue weighted by atomic mass is 16.5. The van der Waals surface area contributed by atoms with Crippen molar-refractivity contribution in [3.05, 3.63) is 64.1 Å². The fourth-order valence-electron chi connectivity index (χ4n) is 2.55. The number of H-pyrrole nitrogens is 2. The van der Waals surface area contributed by atoms with E-state index in [-0.39, 0.29) is 24.6 Å². The molecule has 0 bridgehead atoms. The van der Waals surface area contributed by atoms with Gasteiger partial charge in [-0.25, -0.2) is 9.59 Å². The largest absolute Gasteiger partial charge is 0.462 e. The van der Waals surface area contributed by atoms with Crippen molar-refractivity contribution in [1.82, 2.24) is 9.97 Å². The number of hydrogen-bond acceptors (Lipinski definition) is 4. The van der Waals surface area contributed by atoms with Gasteiger partial charge in [0.25, 0.3) is 0 Å². The summed E-state index contributed by atoms with van der Waals surface area (Å²) in [4.78, 5) is 40.8. The molecule has 3 aromatic rings. The Morgan fingerprint density at radius 1 is 1.08 bits per heavy atom. The molecule has 7 heteroatoms. The lowest BCUT2D eigenvalue weighted by Gasteiger charge is -2.10. The Morgan fingerprint density at radius 2 is 1.84 bits per heavy atom. The van der Waals surface area contributed by atoms with E-state index in [1.54, 1.807) is 49.4 Å². The van der Waals surface area contributed by atoms with E-state index in [0.29, 0.717) is 22.3 Å². The first-order valence-corrected chi connectivity index (χ1v) is 7.83. The van der Waals surface area contributed by atoms with Gasteiger partial charge in [0.2, 0.25) is 5.91 Å². The molecule has 0 spiro atoms. The molecular weight excluding hydrogens is 322 g/mol. The van der Waals surface area contributed by atoms with Crippen molar-refractivity contribution in [2.75, 3.05) is 11.9 Å². The smallest absolute Gasteiger partial charge is 0.340 e. The van der Waals surface area contributed by atoms with Crippen molar-refractivity contribution in [3.8, 4) is 0 Å². The summed E-state index contributed by atoms with van der Waals surface area (Å²) < 4.78 is 4.99. The summed E-state index contributed by atoms with van der Waals surface area (Å²) in [5, 5.41) is 2.73. The highest BCUT2D eigenvalue weighted by molar-refractivity contribution is 6.01. The second-order valence-electron chi connectivity index (χ2n) is 5.45. The van der Waals surface area contributed by atoms with E-state index in [0.717, 1.165) is 5.56 Å². The Hall–Kier alpha value is -3.35. The minimum absolute atomic E-state index is 0.111. The molecule has 1 heterocycles. The van der Waals surface area contributed by atoms with E-state index < -0.39 is 5.97 Å². The van der Waals surface area contributed by atoms with Gasteiger partial charge in [0.05, 0.1) is 35.3 Å². The molecule has 0 fully saturated rings. The number of benzene rings is 2. The van der Waals surface area contributed by atoms with Crippen LogP contribution in [0.4, 0.5) is 5.69 Å². The van der Waals surface area contributed by atoms with Crippen LogP contribution in [-0.4, -0.2) is 28.5 Å². The maximum atomic E-state index is 12.3. The Bertz CT molecular complexity index is 987. The standard InChI is InChI=1S/C18H17N3O4/c1-2-25-17(23)12-5-3-4-6-13(12)19-16(22)10-11-7-8-14-15(9-11)21-18(24)20-14/h3-9H,2,10H2,1H3,(H,19,22)(H2,20,21,24). The molecule has 0 saturated heterocycles. The summed E-state index contributed by atoms with van der Waals surface area (Å²) in [5.74, 6) is -0.751. The molecule has 25 heavy (non-hydrogen) atoms. The third-order valence-electron chi connectivity index (χ3n) is 3.64. The molecule has 0 aliphatic rings. The van der Waals surface area contributed by atoms with Crippen LogP contribution < -0.4 is 11.0 Å². The molecule has 0 saturated carbocycles. The highest BCUT2D eigenvalue weighted by Crippen LogP contribution is 2.17. The van der Waals surface area contributed by atoms with E-state index >= 15 is 0 Å². The molecule has 1 aromatic heterocycles. The molecule has 128 valence electrons. The van der Waals surface area contributed by atoms with Gasteiger partial charge in [-0.05, 0) is 36.8 Å². The monoisotopic (exact) mass is 339 g/mol. The van der Waals surface area contributed by atoms with Crippen molar-refractivity contribution < 1.29 is 14.3 Å². The van der Waals surface area contributed by atoms with Crippen molar-refractivity contribution in [2.24, 2.45) is 0 Å². The van der Waals surface area contributed by atoms with Crippen LogP contribution in [-0.2, 0) is 16.0 Å². The van der Waals surface area contributed by atoms with Crippen LogP contribution in [0.2, 0.25) is 0 Å². The minimum atomic E-state index is -0.482. The number of aromatic amines is 2. The lowest BCUT2D eigenvalue weighted by Crippen LogP contribution is -2.17. The van der Waals surface area contributed by atoms with Crippen LogP contribution in [0.15, 0.2) is 47.3 Å². The molecule has 0 unspecified atom stereocenters. The molecular formula is C18H17N3O4. The van der Waals surface area contributed by atoms with E-state index in [9.17, 15) is 14.4 Å². The molecule has 0 radical (unpaired) electrons. The van der Waals surface area contributed by atoms with Gasteiger partial charge in [0, 0.05) is 0 Å². The van der Waals surface area contributed by atoms with Gasteiger partial charge < -0.3 is 20.0 Å². The van der Waals surface area contributed by atoms with Gasteiger partial charge in [-0.3, -0.25) is 4.79 Å². The molecule has 7 nitrogen and oxygen atoms in total. The molecule has 3 N–H and O–H groups in total. The van der Waals surface area contributed by atoms with Crippen LogP contribution in [0, 0.1) is 0 Å². The summed E-state index contributed by atoms with van der Waals surface area (Å²) in [6.45, 7) is 1.98. The zero-order valence-corrected chi connectivity index (χ0v) is 13.6. The number of esters is 1. The van der Waals surface area contributed by atoms with Crippen molar-refractivity contribution in [1.29, 1.82) is 0 Å². The molecule has 3 rings (SSSR count). The lowest BCUT2D eigenvalue weighted by molar-refractivity contribution is -0.115. The summed E-state index contributed by atoms with van der Waals surface area (Å²) >= 11 is 0. The van der Waals surface area contributed by atoms with Crippen LogP contribution in [0.25, 0.3) is 11.0 Å². The Morgan fingerprint density at radius 3 is 2.64 bits per heavy atom. The van der Waals surface area contributed by atoms with Gasteiger partial charge in [0.15, 0.2) is 0 Å². The predicted molar refractivity (Wildman–Crippen MR) is 93.7 cm³/mol. The summed E-state index contributed by atoms with van der Waals surface area (Å²) in [7, 11) is 0. The second kappa shape index (κ2) is 7.04. The highest BCUT2D eigenvalue weighted by Gasteiger charge is 2.14. The quantitative estimate of drug-likeness (QED) is 0.620. The number of nitrogens with one attached hydrogen (secondary N) is 3. The third-order valence-corrected chi connectivity index (χ3v) is 3.64. The van der Waals surface area contributed by atoms with E-state index in [1.165, 1.54) is 0 Å². The summed E-state index contributed by atoms with van der Waals surface area (Å²) in [5.41, 5.74) is 2.49. The zero-order chi connectivity index (χ0) is 17.8. The number of rotatable bonds is 5. The summed E-state index contributed by atoms with van der Waals surface area (Å²) in [6.07, 6.45) is 0.111. The Labute approximate surface area is 143 Å². The topological polar surface area (TPSA) is 104 Å². The first kappa shape index (κ1) is 16.5. The van der Waals surface area contributed by atoms with Crippen molar-refractivity contribution >= 4 is 28.6 Å².